The number of rotatable bonds is 4. The first-order valence-corrected chi connectivity index (χ1v) is 5.53. The van der Waals surface area contributed by atoms with Crippen LogP contribution in [0.5, 0.6) is 0 Å². The standard InChI is InChI=1S/C13H14O3/c14-12(13(15)16)7-5-9-4-6-10-2-1-3-11(10)8-9/h4,6,8H,1-3,5,7H2,(H,15,16). The van der Waals surface area contributed by atoms with Gasteiger partial charge in [-0.2, -0.15) is 0 Å². The number of benzene rings is 1. The van der Waals surface area contributed by atoms with Crippen LogP contribution in [0, 0.1) is 0 Å². The number of carbonyl (C=O) groups is 2. The van der Waals surface area contributed by atoms with Crippen molar-refractivity contribution in [3.8, 4) is 0 Å². The normalized spacial score (nSPS) is 13.5. The van der Waals surface area contributed by atoms with Gasteiger partial charge in [0.1, 0.15) is 0 Å². The molecule has 1 N–H and O–H groups in total. The number of aliphatic carboxylic acids is 1. The lowest BCUT2D eigenvalue weighted by Crippen LogP contribution is -2.12. The molecule has 0 aromatic heterocycles. The Hall–Kier alpha value is -1.64. The SMILES string of the molecule is O=C(O)C(=O)CCc1ccc2c(c1)CCC2. The molecule has 3 heteroatoms. The third kappa shape index (κ3) is 2.30. The quantitative estimate of drug-likeness (QED) is 0.783. The van der Waals surface area contributed by atoms with E-state index in [2.05, 4.69) is 12.1 Å². The van der Waals surface area contributed by atoms with Crippen LogP contribution in [0.4, 0.5) is 0 Å². The second-order valence-electron chi connectivity index (χ2n) is 4.18. The number of hydrogen-bond donors (Lipinski definition) is 1. The summed E-state index contributed by atoms with van der Waals surface area (Å²) in [4.78, 5) is 21.3. The molecule has 3 nitrogen and oxygen atoms in total. The highest BCUT2D eigenvalue weighted by molar-refractivity contribution is 6.32. The molecule has 0 atom stereocenters. The molecule has 0 fully saturated rings. The van der Waals surface area contributed by atoms with Crippen molar-refractivity contribution >= 4 is 11.8 Å². The third-order valence-corrected chi connectivity index (χ3v) is 3.04. The number of Topliss-reactive ketones (excluding diaryl/α,β-unsaturated/α-hetero) is 1. The van der Waals surface area contributed by atoms with Gasteiger partial charge in [0.25, 0.3) is 0 Å². The van der Waals surface area contributed by atoms with Crippen LogP contribution in [-0.4, -0.2) is 16.9 Å². The predicted molar refractivity (Wildman–Crippen MR) is 59.4 cm³/mol. The lowest BCUT2D eigenvalue weighted by molar-refractivity contribution is -0.149. The van der Waals surface area contributed by atoms with Crippen LogP contribution in [0.15, 0.2) is 18.2 Å². The van der Waals surface area contributed by atoms with E-state index in [9.17, 15) is 9.59 Å². The van der Waals surface area contributed by atoms with Crippen LogP contribution in [-0.2, 0) is 28.9 Å². The molecule has 0 unspecified atom stereocenters. The van der Waals surface area contributed by atoms with Crippen LogP contribution in [0.25, 0.3) is 0 Å². The minimum absolute atomic E-state index is 0.0914. The maximum atomic E-state index is 11.0. The van der Waals surface area contributed by atoms with Gasteiger partial charge in [-0.15, -0.1) is 0 Å². The van der Waals surface area contributed by atoms with E-state index in [1.165, 1.54) is 17.5 Å². The summed E-state index contributed by atoms with van der Waals surface area (Å²) in [5, 5.41) is 8.47. The zero-order valence-corrected chi connectivity index (χ0v) is 9.03. The van der Waals surface area contributed by atoms with Crippen molar-refractivity contribution in [2.75, 3.05) is 0 Å². The first kappa shape index (κ1) is 10.9. The monoisotopic (exact) mass is 218 g/mol. The van der Waals surface area contributed by atoms with Crippen LogP contribution >= 0.6 is 0 Å². The van der Waals surface area contributed by atoms with E-state index in [0.29, 0.717) is 6.42 Å². The molecule has 2 rings (SSSR count). The van der Waals surface area contributed by atoms with Crippen molar-refractivity contribution in [3.05, 3.63) is 34.9 Å². The molecular weight excluding hydrogens is 204 g/mol. The Morgan fingerprint density at radius 1 is 1.19 bits per heavy atom. The highest BCUT2D eigenvalue weighted by Gasteiger charge is 2.13. The molecule has 0 saturated heterocycles. The van der Waals surface area contributed by atoms with E-state index in [4.69, 9.17) is 5.11 Å². The van der Waals surface area contributed by atoms with Crippen LogP contribution in [0.2, 0.25) is 0 Å². The molecule has 1 aliphatic carbocycles. The topological polar surface area (TPSA) is 54.4 Å². The van der Waals surface area contributed by atoms with E-state index >= 15 is 0 Å². The van der Waals surface area contributed by atoms with E-state index in [-0.39, 0.29) is 6.42 Å². The van der Waals surface area contributed by atoms with Gasteiger partial charge in [-0.05, 0) is 42.4 Å². The summed E-state index contributed by atoms with van der Waals surface area (Å²) < 4.78 is 0. The molecular formula is C13H14O3. The van der Waals surface area contributed by atoms with E-state index in [1.54, 1.807) is 0 Å². The largest absolute Gasteiger partial charge is 0.476 e. The number of ketones is 1. The van der Waals surface area contributed by atoms with Crippen molar-refractivity contribution in [2.24, 2.45) is 0 Å². The van der Waals surface area contributed by atoms with Gasteiger partial charge in [0, 0.05) is 6.42 Å². The summed E-state index contributed by atoms with van der Waals surface area (Å²) in [6.45, 7) is 0. The van der Waals surface area contributed by atoms with Crippen molar-refractivity contribution in [1.82, 2.24) is 0 Å². The second kappa shape index (κ2) is 4.47. The molecule has 1 aromatic rings. The maximum absolute atomic E-state index is 11.0. The average Bonchev–Trinajstić information content (AvgIpc) is 2.72. The Kier molecular flexibility index (Phi) is 3.04. The predicted octanol–water partition coefficient (Wildman–Crippen LogP) is 1.76. The number of aryl methyl sites for hydroxylation is 3. The lowest BCUT2D eigenvalue weighted by Gasteiger charge is -2.03. The Morgan fingerprint density at radius 2 is 1.94 bits per heavy atom. The lowest BCUT2D eigenvalue weighted by atomic mass is 10.0. The zero-order chi connectivity index (χ0) is 11.5. The summed E-state index contributed by atoms with van der Waals surface area (Å²) in [6, 6.07) is 6.21. The second-order valence-corrected chi connectivity index (χ2v) is 4.18. The molecule has 0 amide bonds. The first-order valence-electron chi connectivity index (χ1n) is 5.53. The fourth-order valence-corrected chi connectivity index (χ4v) is 2.15. The Bertz CT molecular complexity index is 435. The van der Waals surface area contributed by atoms with E-state index < -0.39 is 11.8 Å². The van der Waals surface area contributed by atoms with Crippen molar-refractivity contribution in [1.29, 1.82) is 0 Å². The smallest absolute Gasteiger partial charge is 0.372 e. The molecule has 0 spiro atoms. The fraction of sp³-hybridized carbons (Fsp3) is 0.385. The number of fused-ring (bicyclic) bond motifs is 1. The van der Waals surface area contributed by atoms with E-state index in [0.717, 1.165) is 18.4 Å². The zero-order valence-electron chi connectivity index (χ0n) is 9.03. The van der Waals surface area contributed by atoms with Gasteiger partial charge < -0.3 is 5.11 Å². The van der Waals surface area contributed by atoms with Gasteiger partial charge >= 0.3 is 5.97 Å². The van der Waals surface area contributed by atoms with Crippen molar-refractivity contribution in [2.45, 2.75) is 32.1 Å². The maximum Gasteiger partial charge on any atom is 0.372 e. The van der Waals surface area contributed by atoms with Crippen LogP contribution < -0.4 is 0 Å². The Labute approximate surface area is 94.1 Å². The summed E-state index contributed by atoms with van der Waals surface area (Å²) in [5.41, 5.74) is 3.82. The average molecular weight is 218 g/mol. The fourth-order valence-electron chi connectivity index (χ4n) is 2.15. The van der Waals surface area contributed by atoms with Crippen molar-refractivity contribution < 1.29 is 14.7 Å². The Morgan fingerprint density at radius 3 is 2.69 bits per heavy atom. The summed E-state index contributed by atoms with van der Waals surface area (Å²) in [6.07, 6.45) is 4.07. The molecule has 0 aliphatic heterocycles. The molecule has 0 saturated carbocycles. The highest BCUT2D eigenvalue weighted by Crippen LogP contribution is 2.23. The summed E-state index contributed by atoms with van der Waals surface area (Å²) in [5.74, 6) is -2.04. The van der Waals surface area contributed by atoms with Gasteiger partial charge in [-0.25, -0.2) is 4.79 Å². The highest BCUT2D eigenvalue weighted by atomic mass is 16.4. The number of carbonyl (C=O) groups excluding carboxylic acids is 1. The summed E-state index contributed by atoms with van der Waals surface area (Å²) in [7, 11) is 0. The minimum atomic E-state index is -1.33. The summed E-state index contributed by atoms with van der Waals surface area (Å²) >= 11 is 0. The third-order valence-electron chi connectivity index (χ3n) is 3.04. The molecule has 1 aliphatic rings. The van der Waals surface area contributed by atoms with Gasteiger partial charge in [-0.3, -0.25) is 4.79 Å². The number of hydrogen-bond acceptors (Lipinski definition) is 2. The molecule has 1 aromatic carbocycles. The van der Waals surface area contributed by atoms with Gasteiger partial charge in [0.2, 0.25) is 5.78 Å². The van der Waals surface area contributed by atoms with E-state index in [1.807, 2.05) is 6.07 Å². The molecule has 0 radical (unpaired) electrons. The Balaban J connectivity index is 2.00. The molecule has 84 valence electrons. The van der Waals surface area contributed by atoms with Gasteiger partial charge in [0.05, 0.1) is 0 Å². The van der Waals surface area contributed by atoms with Crippen LogP contribution in [0.3, 0.4) is 0 Å². The minimum Gasteiger partial charge on any atom is -0.476 e. The molecule has 0 heterocycles. The molecule has 0 bridgehead atoms. The molecule has 16 heavy (non-hydrogen) atoms. The number of carboxylic acid groups (broad SMARTS) is 1. The van der Waals surface area contributed by atoms with Crippen LogP contribution in [0.1, 0.15) is 29.5 Å². The van der Waals surface area contributed by atoms with Crippen molar-refractivity contribution in [3.63, 3.8) is 0 Å². The van der Waals surface area contributed by atoms with Gasteiger partial charge in [0.15, 0.2) is 0 Å². The first-order chi connectivity index (χ1) is 7.66. The number of carboxylic acids is 1. The van der Waals surface area contributed by atoms with Gasteiger partial charge in [-0.1, -0.05) is 18.2 Å².